The van der Waals surface area contributed by atoms with Crippen LogP contribution in [-0.2, 0) is 10.0 Å². The molecule has 4 N–H and O–H groups in total. The second-order valence-corrected chi connectivity index (χ2v) is 7.11. The number of aliphatic hydroxyl groups excluding tert-OH is 1. The third kappa shape index (κ3) is 3.87. The molecule has 1 fully saturated rings. The fourth-order valence-corrected chi connectivity index (χ4v) is 3.87. The van der Waals surface area contributed by atoms with E-state index >= 15 is 0 Å². The summed E-state index contributed by atoms with van der Waals surface area (Å²) >= 11 is 0. The highest BCUT2D eigenvalue weighted by atomic mass is 32.2. The Balaban J connectivity index is 2.11. The summed E-state index contributed by atoms with van der Waals surface area (Å²) in [5, 5.41) is 9.90. The third-order valence-electron chi connectivity index (χ3n) is 3.88. The van der Waals surface area contributed by atoms with E-state index in [1.54, 1.807) is 0 Å². The molecule has 1 saturated carbocycles. The van der Waals surface area contributed by atoms with Crippen molar-refractivity contribution < 1.29 is 18.3 Å². The van der Waals surface area contributed by atoms with Crippen molar-refractivity contribution in [1.82, 2.24) is 4.72 Å². The average molecular weight is 314 g/mol. The van der Waals surface area contributed by atoms with E-state index in [0.717, 1.165) is 25.7 Å². The van der Waals surface area contributed by atoms with Crippen LogP contribution in [0.4, 0.5) is 5.69 Å². The van der Waals surface area contributed by atoms with Gasteiger partial charge in [-0.2, -0.15) is 0 Å². The summed E-state index contributed by atoms with van der Waals surface area (Å²) in [5.41, 5.74) is 6.07. The molecule has 0 aliphatic heterocycles. The highest BCUT2D eigenvalue weighted by Crippen LogP contribution is 2.27. The number of hydrogen-bond acceptors (Lipinski definition) is 5. The number of nitrogen functional groups attached to an aromatic ring is 1. The van der Waals surface area contributed by atoms with Crippen molar-refractivity contribution in [3.8, 4) is 5.75 Å². The number of ether oxygens (including phenoxy) is 1. The third-order valence-corrected chi connectivity index (χ3v) is 5.34. The summed E-state index contributed by atoms with van der Waals surface area (Å²) in [6, 6.07) is 4.42. The molecule has 0 saturated heterocycles. The van der Waals surface area contributed by atoms with Gasteiger partial charge >= 0.3 is 0 Å². The highest BCUT2D eigenvalue weighted by molar-refractivity contribution is 7.89. The van der Waals surface area contributed by atoms with Crippen molar-refractivity contribution in [2.45, 2.75) is 36.7 Å². The predicted molar refractivity (Wildman–Crippen MR) is 80.6 cm³/mol. The van der Waals surface area contributed by atoms with Crippen LogP contribution in [0.5, 0.6) is 5.75 Å². The average Bonchev–Trinajstić information content (AvgIpc) is 2.46. The van der Waals surface area contributed by atoms with Crippen LogP contribution in [0, 0.1) is 5.92 Å². The maximum Gasteiger partial charge on any atom is 0.244 e. The fraction of sp³-hybridized carbons (Fsp3) is 0.571. The van der Waals surface area contributed by atoms with E-state index in [-0.39, 0.29) is 23.1 Å². The Morgan fingerprint density at radius 3 is 2.76 bits per heavy atom. The predicted octanol–water partition coefficient (Wildman–Crippen LogP) is 1.11. The number of hydrogen-bond donors (Lipinski definition) is 3. The van der Waals surface area contributed by atoms with Gasteiger partial charge in [0.1, 0.15) is 10.6 Å². The second-order valence-electron chi connectivity index (χ2n) is 5.37. The van der Waals surface area contributed by atoms with Crippen molar-refractivity contribution in [2.24, 2.45) is 5.92 Å². The Hall–Kier alpha value is -1.31. The topological polar surface area (TPSA) is 102 Å². The van der Waals surface area contributed by atoms with Crippen LogP contribution in [-0.4, -0.2) is 33.3 Å². The molecule has 1 aliphatic rings. The summed E-state index contributed by atoms with van der Waals surface area (Å²) in [7, 11) is -2.28. The number of methoxy groups -OCH3 is 1. The number of nitrogens with two attached hydrogens (primary N) is 1. The molecule has 1 aromatic carbocycles. The van der Waals surface area contributed by atoms with Crippen LogP contribution < -0.4 is 15.2 Å². The zero-order chi connectivity index (χ0) is 15.5. The Kier molecular flexibility index (Phi) is 5.08. The zero-order valence-corrected chi connectivity index (χ0v) is 12.9. The molecule has 0 radical (unpaired) electrons. The van der Waals surface area contributed by atoms with E-state index in [9.17, 15) is 13.5 Å². The summed E-state index contributed by atoms with van der Waals surface area (Å²) in [5.74, 6) is 0.181. The van der Waals surface area contributed by atoms with E-state index in [0.29, 0.717) is 5.69 Å². The highest BCUT2D eigenvalue weighted by Gasteiger charge is 2.26. The smallest absolute Gasteiger partial charge is 0.244 e. The van der Waals surface area contributed by atoms with Crippen LogP contribution in [0.25, 0.3) is 0 Å². The first-order chi connectivity index (χ1) is 9.94. The maximum absolute atomic E-state index is 12.4. The summed E-state index contributed by atoms with van der Waals surface area (Å²) in [4.78, 5) is 0.0597. The molecule has 0 spiro atoms. The largest absolute Gasteiger partial charge is 0.495 e. The molecular formula is C14H22N2O4S. The minimum absolute atomic E-state index is 0.0340. The first-order valence-electron chi connectivity index (χ1n) is 7.05. The van der Waals surface area contributed by atoms with Crippen molar-refractivity contribution in [2.75, 3.05) is 19.4 Å². The number of anilines is 1. The van der Waals surface area contributed by atoms with Gasteiger partial charge in [-0.1, -0.05) is 12.8 Å². The lowest BCUT2D eigenvalue weighted by Gasteiger charge is -2.27. The fourth-order valence-electron chi connectivity index (χ4n) is 2.63. The molecule has 2 atom stereocenters. The SMILES string of the molecule is COc1cc(N)ccc1S(=O)(=O)NCC1CCCCC1O. The van der Waals surface area contributed by atoms with Gasteiger partial charge in [-0.15, -0.1) is 0 Å². The van der Waals surface area contributed by atoms with E-state index in [4.69, 9.17) is 10.5 Å². The van der Waals surface area contributed by atoms with Gasteiger partial charge in [0.25, 0.3) is 0 Å². The van der Waals surface area contributed by atoms with Gasteiger partial charge in [0.05, 0.1) is 13.2 Å². The first-order valence-corrected chi connectivity index (χ1v) is 8.53. The minimum Gasteiger partial charge on any atom is -0.495 e. The number of sulfonamides is 1. The van der Waals surface area contributed by atoms with Gasteiger partial charge < -0.3 is 15.6 Å². The molecule has 0 aromatic heterocycles. The lowest BCUT2D eigenvalue weighted by Crippen LogP contribution is -2.36. The van der Waals surface area contributed by atoms with Gasteiger partial charge in [0.15, 0.2) is 0 Å². The number of aliphatic hydroxyl groups is 1. The lowest BCUT2D eigenvalue weighted by molar-refractivity contribution is 0.0724. The lowest BCUT2D eigenvalue weighted by atomic mass is 9.87. The minimum atomic E-state index is -3.68. The van der Waals surface area contributed by atoms with Crippen LogP contribution in [0.1, 0.15) is 25.7 Å². The van der Waals surface area contributed by atoms with Crippen molar-refractivity contribution in [3.05, 3.63) is 18.2 Å². The number of nitrogens with one attached hydrogen (secondary N) is 1. The van der Waals surface area contributed by atoms with E-state index < -0.39 is 16.1 Å². The van der Waals surface area contributed by atoms with Crippen molar-refractivity contribution in [1.29, 1.82) is 0 Å². The van der Waals surface area contributed by atoms with Gasteiger partial charge in [-0.25, -0.2) is 13.1 Å². The Morgan fingerprint density at radius 2 is 2.10 bits per heavy atom. The quantitative estimate of drug-likeness (QED) is 0.707. The first kappa shape index (κ1) is 16.1. The Bertz CT molecular complexity index is 589. The molecule has 6 nitrogen and oxygen atoms in total. The van der Waals surface area contributed by atoms with E-state index in [2.05, 4.69) is 4.72 Å². The second kappa shape index (κ2) is 6.64. The maximum atomic E-state index is 12.4. The molecule has 21 heavy (non-hydrogen) atoms. The van der Waals surface area contributed by atoms with Crippen molar-refractivity contribution >= 4 is 15.7 Å². The molecule has 1 aliphatic carbocycles. The van der Waals surface area contributed by atoms with Crippen LogP contribution in [0.2, 0.25) is 0 Å². The van der Waals surface area contributed by atoms with Crippen molar-refractivity contribution in [3.63, 3.8) is 0 Å². The Morgan fingerprint density at radius 1 is 1.38 bits per heavy atom. The monoisotopic (exact) mass is 314 g/mol. The molecule has 118 valence electrons. The van der Waals surface area contributed by atoms with E-state index in [1.165, 1.54) is 25.3 Å². The number of benzene rings is 1. The standard InChI is InChI=1S/C14H22N2O4S/c1-20-13-8-11(15)6-7-14(13)21(18,19)16-9-10-4-2-3-5-12(10)17/h6-8,10,12,16-17H,2-5,9,15H2,1H3. The van der Waals surface area contributed by atoms with Crippen LogP contribution >= 0.6 is 0 Å². The van der Waals surface area contributed by atoms with Gasteiger partial charge in [-0.05, 0) is 30.9 Å². The van der Waals surface area contributed by atoms with Gasteiger partial charge in [0, 0.05) is 18.3 Å². The van der Waals surface area contributed by atoms with E-state index in [1.807, 2.05) is 0 Å². The molecular weight excluding hydrogens is 292 g/mol. The Labute approximate surface area is 125 Å². The number of rotatable bonds is 5. The molecule has 0 bridgehead atoms. The normalized spacial score (nSPS) is 23.0. The van der Waals surface area contributed by atoms with Gasteiger partial charge in [0.2, 0.25) is 10.0 Å². The summed E-state index contributed by atoms with van der Waals surface area (Å²) in [6.45, 7) is 0.233. The molecule has 2 rings (SSSR count). The summed E-state index contributed by atoms with van der Waals surface area (Å²) in [6.07, 6.45) is 3.15. The molecule has 7 heteroatoms. The zero-order valence-electron chi connectivity index (χ0n) is 12.1. The molecule has 1 aromatic rings. The molecule has 2 unspecified atom stereocenters. The van der Waals surface area contributed by atoms with Gasteiger partial charge in [-0.3, -0.25) is 0 Å². The summed E-state index contributed by atoms with van der Waals surface area (Å²) < 4.78 is 32.4. The molecule has 0 heterocycles. The van der Waals surface area contributed by atoms with Crippen LogP contribution in [0.3, 0.4) is 0 Å². The molecule has 0 amide bonds. The van der Waals surface area contributed by atoms with Crippen LogP contribution in [0.15, 0.2) is 23.1 Å².